The molecule has 3 fully saturated rings. The third-order valence-corrected chi connectivity index (χ3v) is 10.4. The maximum atomic E-state index is 3.03. The topological polar surface area (TPSA) is 3.24 Å². The molecule has 0 amide bonds. The quantitative estimate of drug-likeness (QED) is 0.328. The average molecular weight is 488 g/mol. The molecule has 1 heteroatoms. The van der Waals surface area contributed by atoms with Crippen molar-refractivity contribution in [3.63, 3.8) is 0 Å². The van der Waals surface area contributed by atoms with Crippen LogP contribution in [-0.4, -0.2) is 24.0 Å². The van der Waals surface area contributed by atoms with Crippen LogP contribution >= 0.6 is 0 Å². The lowest BCUT2D eigenvalue weighted by Crippen LogP contribution is -2.49. The summed E-state index contributed by atoms with van der Waals surface area (Å²) in [7, 11) is 2.60. The molecule has 1 heterocycles. The molecule has 206 valence electrons. The van der Waals surface area contributed by atoms with E-state index in [1.54, 1.807) is 0 Å². The Morgan fingerprint density at radius 3 is 0.829 bits per heavy atom. The third-order valence-electron chi connectivity index (χ3n) is 10.4. The number of fused-ring (bicyclic) bond motifs is 2. The molecule has 4 unspecified atom stereocenters. The molecule has 3 aliphatic rings. The molecule has 35 heavy (non-hydrogen) atoms. The van der Waals surface area contributed by atoms with E-state index in [2.05, 4.69) is 11.9 Å². The van der Waals surface area contributed by atoms with Crippen molar-refractivity contribution in [3.05, 3.63) is 0 Å². The Bertz CT molecular complexity index is 445. The molecule has 0 aromatic heterocycles. The smallest absolute Gasteiger partial charge is 0.0123 e. The van der Waals surface area contributed by atoms with Gasteiger partial charge in [0.25, 0.3) is 0 Å². The summed E-state index contributed by atoms with van der Waals surface area (Å²) in [4.78, 5) is 3.03. The summed E-state index contributed by atoms with van der Waals surface area (Å²) in [6.45, 7) is 0. The van der Waals surface area contributed by atoms with Gasteiger partial charge in [0.2, 0.25) is 0 Å². The van der Waals surface area contributed by atoms with Crippen molar-refractivity contribution < 1.29 is 0 Å². The summed E-state index contributed by atoms with van der Waals surface area (Å²) in [5.41, 5.74) is 0. The Balaban J connectivity index is 1.66. The van der Waals surface area contributed by atoms with Crippen molar-refractivity contribution in [2.75, 3.05) is 7.05 Å². The summed E-state index contributed by atoms with van der Waals surface area (Å²) < 4.78 is 0. The standard InChI is InChI=1S/C34H65N/c1-35-33-29-22-18-14-10-6-2-4-8-12-16-20-25-31(33)27-24-28-32-26-21-17-13-9-5-3-7-11-15-19-23-30-34(32)35/h31-34H,2-30H2,1H3. The predicted molar refractivity (Wildman–Crippen MR) is 156 cm³/mol. The first kappa shape index (κ1) is 29.5. The second kappa shape index (κ2) is 19.1. The van der Waals surface area contributed by atoms with Crippen LogP contribution in [0.25, 0.3) is 0 Å². The molecule has 0 bridgehead atoms. The molecular formula is C34H65N. The van der Waals surface area contributed by atoms with Gasteiger partial charge < -0.3 is 0 Å². The van der Waals surface area contributed by atoms with E-state index in [-0.39, 0.29) is 0 Å². The molecule has 3 rings (SSSR count). The maximum absolute atomic E-state index is 3.03. The Labute approximate surface area is 222 Å². The van der Waals surface area contributed by atoms with Crippen molar-refractivity contribution in [2.24, 2.45) is 11.8 Å². The molecule has 0 radical (unpaired) electrons. The monoisotopic (exact) mass is 488 g/mol. The van der Waals surface area contributed by atoms with E-state index in [1.807, 2.05) is 0 Å². The fourth-order valence-corrected chi connectivity index (χ4v) is 8.19. The molecule has 2 saturated carbocycles. The number of hydrogen-bond acceptors (Lipinski definition) is 1. The van der Waals surface area contributed by atoms with Gasteiger partial charge in [-0.25, -0.2) is 0 Å². The van der Waals surface area contributed by atoms with Crippen molar-refractivity contribution >= 4 is 0 Å². The highest BCUT2D eigenvalue weighted by Gasteiger charge is 2.35. The molecule has 0 N–H and O–H groups in total. The first-order valence-corrected chi connectivity index (χ1v) is 17.1. The van der Waals surface area contributed by atoms with Gasteiger partial charge in [-0.15, -0.1) is 0 Å². The van der Waals surface area contributed by atoms with Crippen LogP contribution < -0.4 is 0 Å². The van der Waals surface area contributed by atoms with Gasteiger partial charge in [-0.3, -0.25) is 4.90 Å². The number of likely N-dealkylation sites (tertiary alicyclic amines) is 1. The number of rotatable bonds is 0. The van der Waals surface area contributed by atoms with Crippen LogP contribution in [0.4, 0.5) is 0 Å². The minimum absolute atomic E-state index is 0.870. The lowest BCUT2D eigenvalue weighted by Gasteiger charge is -2.45. The van der Waals surface area contributed by atoms with Gasteiger partial charge in [-0.2, -0.15) is 0 Å². The van der Waals surface area contributed by atoms with E-state index in [0.29, 0.717) is 0 Å². The number of hydrogen-bond donors (Lipinski definition) is 0. The van der Waals surface area contributed by atoms with Crippen LogP contribution in [0.1, 0.15) is 186 Å². The van der Waals surface area contributed by atoms with Crippen molar-refractivity contribution in [3.8, 4) is 0 Å². The highest BCUT2D eigenvalue weighted by Crippen LogP contribution is 2.37. The molecule has 2 aliphatic carbocycles. The van der Waals surface area contributed by atoms with Gasteiger partial charge in [-0.05, 0) is 57.4 Å². The zero-order valence-electron chi connectivity index (χ0n) is 24.3. The van der Waals surface area contributed by atoms with Gasteiger partial charge >= 0.3 is 0 Å². The van der Waals surface area contributed by atoms with E-state index in [1.165, 1.54) is 186 Å². The zero-order valence-corrected chi connectivity index (χ0v) is 24.3. The average Bonchev–Trinajstić information content (AvgIpc) is 2.87. The molecule has 0 aromatic rings. The lowest BCUT2D eigenvalue weighted by molar-refractivity contribution is 0.0401. The summed E-state index contributed by atoms with van der Waals surface area (Å²) in [5, 5.41) is 0. The van der Waals surface area contributed by atoms with Crippen molar-refractivity contribution in [2.45, 2.75) is 198 Å². The zero-order chi connectivity index (χ0) is 24.4. The fraction of sp³-hybridized carbons (Fsp3) is 1.00. The molecular weight excluding hydrogens is 422 g/mol. The van der Waals surface area contributed by atoms with Gasteiger partial charge in [-0.1, -0.05) is 148 Å². The molecule has 0 spiro atoms. The molecule has 1 nitrogen and oxygen atoms in total. The summed E-state index contributed by atoms with van der Waals surface area (Å²) in [6.07, 6.45) is 43.5. The van der Waals surface area contributed by atoms with Crippen LogP contribution in [0.15, 0.2) is 0 Å². The first-order valence-electron chi connectivity index (χ1n) is 17.1. The van der Waals surface area contributed by atoms with Gasteiger partial charge in [0.1, 0.15) is 0 Å². The van der Waals surface area contributed by atoms with Gasteiger partial charge in [0, 0.05) is 12.1 Å². The summed E-state index contributed by atoms with van der Waals surface area (Å²) >= 11 is 0. The molecule has 4 atom stereocenters. The minimum Gasteiger partial charge on any atom is -0.300 e. The van der Waals surface area contributed by atoms with E-state index in [9.17, 15) is 0 Å². The number of nitrogens with zero attached hydrogens (tertiary/aromatic N) is 1. The fourth-order valence-electron chi connectivity index (χ4n) is 8.19. The van der Waals surface area contributed by atoms with Gasteiger partial charge in [0.05, 0.1) is 0 Å². The van der Waals surface area contributed by atoms with Crippen molar-refractivity contribution in [1.29, 1.82) is 0 Å². The van der Waals surface area contributed by atoms with Crippen LogP contribution in [-0.2, 0) is 0 Å². The molecule has 1 saturated heterocycles. The van der Waals surface area contributed by atoms with Gasteiger partial charge in [0.15, 0.2) is 0 Å². The third kappa shape index (κ3) is 11.9. The van der Waals surface area contributed by atoms with Crippen molar-refractivity contribution in [1.82, 2.24) is 4.90 Å². The Hall–Kier alpha value is -0.0400. The second-order valence-corrected chi connectivity index (χ2v) is 13.2. The molecule has 1 aliphatic heterocycles. The Morgan fingerprint density at radius 1 is 0.286 bits per heavy atom. The highest BCUT2D eigenvalue weighted by molar-refractivity contribution is 4.89. The van der Waals surface area contributed by atoms with E-state index >= 15 is 0 Å². The van der Waals surface area contributed by atoms with E-state index < -0.39 is 0 Å². The van der Waals surface area contributed by atoms with Crippen LogP contribution in [0.5, 0.6) is 0 Å². The highest BCUT2D eigenvalue weighted by atomic mass is 15.2. The van der Waals surface area contributed by atoms with Crippen LogP contribution in [0, 0.1) is 11.8 Å². The predicted octanol–water partition coefficient (Wildman–Crippen LogP) is 11.2. The second-order valence-electron chi connectivity index (χ2n) is 13.2. The van der Waals surface area contributed by atoms with E-state index in [0.717, 1.165) is 23.9 Å². The Morgan fingerprint density at radius 2 is 0.514 bits per heavy atom. The summed E-state index contributed by atoms with van der Waals surface area (Å²) in [6, 6.07) is 1.74. The van der Waals surface area contributed by atoms with Crippen LogP contribution in [0.3, 0.4) is 0 Å². The maximum Gasteiger partial charge on any atom is 0.0123 e. The first-order chi connectivity index (χ1) is 17.4. The molecule has 0 aromatic carbocycles. The SMILES string of the molecule is CN1C2CCCCCCCCCCCCCC2CCCC2CCCCCCCCCCCCCC21. The lowest BCUT2D eigenvalue weighted by atomic mass is 9.77. The van der Waals surface area contributed by atoms with Crippen LogP contribution in [0.2, 0.25) is 0 Å². The largest absolute Gasteiger partial charge is 0.300 e. The normalized spacial score (nSPS) is 33.9. The van der Waals surface area contributed by atoms with E-state index in [4.69, 9.17) is 0 Å². The Kier molecular flexibility index (Phi) is 16.1. The summed E-state index contributed by atoms with van der Waals surface area (Å²) in [5.74, 6) is 1.95. The minimum atomic E-state index is 0.870.